The second kappa shape index (κ2) is 14.2. The maximum Gasteiger partial charge on any atom is 0.309 e. The number of amidine groups is 1. The number of amides is 3. The predicted octanol–water partition coefficient (Wildman–Crippen LogP) is 2.56. The Hall–Kier alpha value is -2.59. The summed E-state index contributed by atoms with van der Waals surface area (Å²) in [6, 6.07) is 7.60. The second-order valence-corrected chi connectivity index (χ2v) is 10.6. The molecular formula is C25H36ClN5O4S. The lowest BCUT2D eigenvalue weighted by Gasteiger charge is -2.32. The molecule has 0 unspecified atom stereocenters. The third kappa shape index (κ3) is 8.23. The van der Waals surface area contributed by atoms with Crippen molar-refractivity contribution in [2.45, 2.75) is 58.0 Å². The van der Waals surface area contributed by atoms with Crippen LogP contribution in [0, 0.1) is 11.8 Å². The van der Waals surface area contributed by atoms with Crippen molar-refractivity contribution in [3.05, 3.63) is 35.9 Å². The Morgan fingerprint density at radius 3 is 2.44 bits per heavy atom. The number of Topliss-reactive ketones (excluding diaryl/α,β-unsaturated/α-hetero) is 1. The second-order valence-electron chi connectivity index (χ2n) is 9.50. The Bertz CT molecular complexity index is 959. The number of hydrogen-bond donors (Lipinski definition) is 3. The summed E-state index contributed by atoms with van der Waals surface area (Å²) in [5.41, 5.74) is 2.88. The number of benzene rings is 1. The van der Waals surface area contributed by atoms with E-state index in [0.29, 0.717) is 30.0 Å². The Morgan fingerprint density at radius 1 is 1.11 bits per heavy atom. The van der Waals surface area contributed by atoms with Crippen molar-refractivity contribution in [2.75, 3.05) is 19.3 Å². The van der Waals surface area contributed by atoms with Crippen LogP contribution in [-0.4, -0.2) is 65.0 Å². The molecule has 0 bridgehead atoms. The first kappa shape index (κ1) is 29.6. The van der Waals surface area contributed by atoms with Gasteiger partial charge in [-0.3, -0.25) is 19.2 Å². The first-order valence-corrected chi connectivity index (χ1v) is 13.2. The number of carbonyl (C=O) groups is 4. The van der Waals surface area contributed by atoms with Gasteiger partial charge in [0.05, 0.1) is 12.0 Å². The molecule has 11 heteroatoms. The zero-order chi connectivity index (χ0) is 25.4. The molecular weight excluding hydrogens is 502 g/mol. The first-order chi connectivity index (χ1) is 16.8. The molecule has 9 nitrogen and oxygen atoms in total. The number of rotatable bonds is 9. The van der Waals surface area contributed by atoms with Gasteiger partial charge >= 0.3 is 5.91 Å². The van der Waals surface area contributed by atoms with Crippen LogP contribution in [0.4, 0.5) is 0 Å². The van der Waals surface area contributed by atoms with Crippen molar-refractivity contribution in [2.24, 2.45) is 16.9 Å². The summed E-state index contributed by atoms with van der Waals surface area (Å²) < 4.78 is 0. The third-order valence-corrected chi connectivity index (χ3v) is 7.30. The van der Waals surface area contributed by atoms with Gasteiger partial charge in [0.2, 0.25) is 11.7 Å². The minimum absolute atomic E-state index is 0. The summed E-state index contributed by atoms with van der Waals surface area (Å²) >= 11 is 1.50. The topological polar surface area (TPSA) is 120 Å². The molecule has 1 aliphatic heterocycles. The van der Waals surface area contributed by atoms with Gasteiger partial charge < -0.3 is 15.5 Å². The van der Waals surface area contributed by atoms with Crippen molar-refractivity contribution in [3.63, 3.8) is 0 Å². The fourth-order valence-electron chi connectivity index (χ4n) is 4.35. The van der Waals surface area contributed by atoms with Crippen LogP contribution in [0.1, 0.15) is 56.3 Å². The van der Waals surface area contributed by atoms with Crippen LogP contribution in [0.2, 0.25) is 0 Å². The molecule has 3 rings (SSSR count). The minimum atomic E-state index is -0.955. The maximum absolute atomic E-state index is 13.3. The van der Waals surface area contributed by atoms with E-state index in [1.807, 2.05) is 31.9 Å². The van der Waals surface area contributed by atoms with E-state index in [4.69, 9.17) is 0 Å². The highest BCUT2D eigenvalue weighted by molar-refractivity contribution is 8.14. The van der Waals surface area contributed by atoms with Gasteiger partial charge in [-0.1, -0.05) is 56.7 Å². The normalized spacial score (nSPS) is 21.4. The number of ketones is 1. The van der Waals surface area contributed by atoms with Crippen molar-refractivity contribution in [3.8, 4) is 0 Å². The molecule has 36 heavy (non-hydrogen) atoms. The van der Waals surface area contributed by atoms with Crippen LogP contribution in [0.5, 0.6) is 0 Å². The molecule has 1 heterocycles. The molecule has 198 valence electrons. The fraction of sp³-hybridized carbons (Fsp3) is 0.560. The van der Waals surface area contributed by atoms with Crippen molar-refractivity contribution in [1.82, 2.24) is 21.0 Å². The quantitative estimate of drug-likeness (QED) is 0.329. The molecule has 1 aromatic rings. The molecule has 3 atom stereocenters. The van der Waals surface area contributed by atoms with Crippen LogP contribution in [0.15, 0.2) is 35.4 Å². The average molecular weight is 538 g/mol. The molecule has 0 radical (unpaired) electrons. The molecule has 1 saturated carbocycles. The van der Waals surface area contributed by atoms with E-state index in [-0.39, 0.29) is 36.2 Å². The van der Waals surface area contributed by atoms with Crippen molar-refractivity contribution >= 4 is 52.8 Å². The number of hydrogen-bond acceptors (Lipinski definition) is 6. The summed E-state index contributed by atoms with van der Waals surface area (Å²) in [4.78, 5) is 53.3. The summed E-state index contributed by atoms with van der Waals surface area (Å²) in [5.74, 6) is -1.62. The van der Waals surface area contributed by atoms with Gasteiger partial charge in [-0.2, -0.15) is 0 Å². The van der Waals surface area contributed by atoms with Gasteiger partial charge in [0.25, 0.3) is 5.91 Å². The monoisotopic (exact) mass is 537 g/mol. The fourth-order valence-corrected chi connectivity index (χ4v) is 5.32. The minimum Gasteiger partial charge on any atom is -0.352 e. The van der Waals surface area contributed by atoms with Gasteiger partial charge in [-0.25, -0.2) is 5.43 Å². The molecule has 2 aliphatic rings. The number of nitrogens with zero attached hydrogens (tertiary/aromatic N) is 2. The van der Waals surface area contributed by atoms with E-state index in [0.717, 1.165) is 25.1 Å². The third-order valence-electron chi connectivity index (χ3n) is 6.26. The van der Waals surface area contributed by atoms with Crippen LogP contribution >= 0.6 is 24.2 Å². The van der Waals surface area contributed by atoms with Crippen LogP contribution in [-0.2, 0) is 14.4 Å². The van der Waals surface area contributed by atoms with Crippen LogP contribution < -0.4 is 16.1 Å². The van der Waals surface area contributed by atoms with E-state index in [2.05, 4.69) is 21.2 Å². The number of carbonyl (C=O) groups excluding carboxylic acids is 4. The van der Waals surface area contributed by atoms with Gasteiger partial charge in [-0.05, 0) is 37.3 Å². The molecule has 3 amide bonds. The lowest BCUT2D eigenvalue weighted by molar-refractivity contribution is -0.141. The molecule has 1 saturated heterocycles. The van der Waals surface area contributed by atoms with Gasteiger partial charge in [-0.15, -0.1) is 17.5 Å². The zero-order valence-electron chi connectivity index (χ0n) is 21.0. The summed E-state index contributed by atoms with van der Waals surface area (Å²) in [6.45, 7) is 4.68. The largest absolute Gasteiger partial charge is 0.352 e. The van der Waals surface area contributed by atoms with Crippen LogP contribution in [0.3, 0.4) is 0 Å². The van der Waals surface area contributed by atoms with Crippen molar-refractivity contribution in [1.29, 1.82) is 0 Å². The molecule has 0 aromatic heterocycles. The van der Waals surface area contributed by atoms with Gasteiger partial charge in [0.1, 0.15) is 0 Å². The van der Waals surface area contributed by atoms with E-state index in [1.165, 1.54) is 11.8 Å². The highest BCUT2D eigenvalue weighted by Gasteiger charge is 2.35. The Kier molecular flexibility index (Phi) is 11.7. The number of nitrogens with one attached hydrogen (secondary N) is 3. The number of thioether (sulfide) groups is 1. The van der Waals surface area contributed by atoms with E-state index in [9.17, 15) is 19.2 Å². The van der Waals surface area contributed by atoms with Crippen molar-refractivity contribution < 1.29 is 19.2 Å². The summed E-state index contributed by atoms with van der Waals surface area (Å²) in [5, 5.41) is 10.5. The Morgan fingerprint density at radius 2 is 1.81 bits per heavy atom. The van der Waals surface area contributed by atoms with E-state index >= 15 is 0 Å². The lowest BCUT2D eigenvalue weighted by Crippen LogP contribution is -2.53. The summed E-state index contributed by atoms with van der Waals surface area (Å²) in [6.07, 6.45) is 3.39. The van der Waals surface area contributed by atoms with Gasteiger partial charge in [0.15, 0.2) is 5.17 Å². The first-order valence-electron chi connectivity index (χ1n) is 12.2. The predicted molar refractivity (Wildman–Crippen MR) is 144 cm³/mol. The van der Waals surface area contributed by atoms with E-state index in [1.54, 1.807) is 24.3 Å². The lowest BCUT2D eigenvalue weighted by atomic mass is 9.83. The number of halogens is 1. The zero-order valence-corrected chi connectivity index (χ0v) is 22.6. The maximum atomic E-state index is 13.3. The van der Waals surface area contributed by atoms with Gasteiger partial charge in [0, 0.05) is 31.0 Å². The average Bonchev–Trinajstić information content (AvgIpc) is 3.26. The summed E-state index contributed by atoms with van der Waals surface area (Å²) in [7, 11) is 1.87. The Labute approximate surface area is 223 Å². The van der Waals surface area contributed by atoms with Crippen LogP contribution in [0.25, 0.3) is 0 Å². The number of hydrazone groups is 1. The molecule has 2 fully saturated rings. The molecule has 0 spiro atoms. The van der Waals surface area contributed by atoms with E-state index < -0.39 is 23.7 Å². The standard InChI is InChI=1S/C25H35N5O4S.ClH/c1-16(2)15-20(21(31)24(34)28-29-25-30(3)13-14-35-25)27-23(33)18-11-7-8-12-19(18)26-22(32)17-9-5-4-6-10-17;/h4-6,9-10,16,18-20H,7-8,11-15H2,1-3H3,(H,26,32)(H,27,33)(H,28,34);1H/b29-25-;/t18-,19+,20+;/m1./s1. The molecule has 1 aromatic carbocycles. The SMILES string of the molecule is CC(C)C[C@H](NC(=O)[C@@H]1CCCC[C@@H]1NC(=O)c1ccccc1)C(=O)C(=O)N/N=C1\SCCN1C.Cl. The smallest absolute Gasteiger partial charge is 0.309 e. The Balaban J connectivity index is 0.00000456. The highest BCUT2D eigenvalue weighted by Crippen LogP contribution is 2.25. The highest BCUT2D eigenvalue weighted by atomic mass is 35.5. The molecule has 3 N–H and O–H groups in total. The molecule has 1 aliphatic carbocycles.